The van der Waals surface area contributed by atoms with E-state index in [0.717, 1.165) is 25.7 Å². The van der Waals surface area contributed by atoms with Gasteiger partial charge in [0, 0.05) is 35.1 Å². The lowest BCUT2D eigenvalue weighted by Gasteiger charge is -2.35. The predicted molar refractivity (Wildman–Crippen MR) is 245 cm³/mol. The minimum Gasteiger partial charge on any atom is -0.495 e. The number of carboxylic acid groups (broad SMARTS) is 1. The molecule has 1 aliphatic heterocycles. The highest BCUT2D eigenvalue weighted by Gasteiger charge is 2.61. The molecule has 1 aromatic carbocycles. The zero-order valence-corrected chi connectivity index (χ0v) is 39.8. The van der Waals surface area contributed by atoms with E-state index in [2.05, 4.69) is 43.4 Å². The Morgan fingerprint density at radius 1 is 1.05 bits per heavy atom. The summed E-state index contributed by atoms with van der Waals surface area (Å²) in [5.74, 6) is -2.40. The number of fused-ring (bicyclic) bond motifs is 1. The van der Waals surface area contributed by atoms with Crippen molar-refractivity contribution >= 4 is 73.1 Å². The second-order valence-corrected chi connectivity index (χ2v) is 19.7. The highest BCUT2D eigenvalue weighted by molar-refractivity contribution is 9.10. The first-order chi connectivity index (χ1) is 30.6. The molecule has 0 spiro atoms. The van der Waals surface area contributed by atoms with Gasteiger partial charge in [-0.1, -0.05) is 40.7 Å². The number of amides is 4. The Balaban J connectivity index is 0.000000905. The Morgan fingerprint density at radius 3 is 2.25 bits per heavy atom. The number of pyridine rings is 1. The van der Waals surface area contributed by atoms with Crippen LogP contribution in [0, 0.1) is 17.3 Å². The van der Waals surface area contributed by atoms with E-state index in [9.17, 15) is 29.1 Å². The molecule has 65 heavy (non-hydrogen) atoms. The number of halogens is 1. The molecule has 5 atom stereocenters. The highest BCUT2D eigenvalue weighted by Crippen LogP contribution is 2.45. The first-order valence-electron chi connectivity index (χ1n) is 21.3. The number of carbonyl (C=O) groups is 5. The number of benzene rings is 1. The number of thiazole rings is 1. The molecule has 0 bridgehead atoms. The molecule has 9 N–H and O–H groups in total. The van der Waals surface area contributed by atoms with Crippen LogP contribution in [0.4, 0.5) is 9.93 Å². The fourth-order valence-corrected chi connectivity index (χ4v) is 8.74. The highest BCUT2D eigenvalue weighted by atomic mass is 79.9. The van der Waals surface area contributed by atoms with Crippen molar-refractivity contribution in [3.8, 4) is 22.9 Å². The summed E-state index contributed by atoms with van der Waals surface area (Å²) in [5, 5.41) is 46.2. The van der Waals surface area contributed by atoms with E-state index in [0.29, 0.717) is 43.4 Å². The number of aliphatic carboxylic acids is 1. The van der Waals surface area contributed by atoms with Gasteiger partial charge in [0.25, 0.3) is 0 Å². The summed E-state index contributed by atoms with van der Waals surface area (Å²) in [5.41, 5.74) is 2.99. The van der Waals surface area contributed by atoms with Gasteiger partial charge in [-0.05, 0) is 65.6 Å². The maximum Gasteiger partial charge on any atom is 0.408 e. The number of aromatic nitrogens is 2. The van der Waals surface area contributed by atoms with E-state index in [-0.39, 0.29) is 37.3 Å². The molecule has 6 rings (SSSR count). The van der Waals surface area contributed by atoms with Crippen LogP contribution in [0.5, 0.6) is 11.5 Å². The molecule has 3 aromatic rings. The van der Waals surface area contributed by atoms with Crippen LogP contribution in [0.15, 0.2) is 40.7 Å². The maximum atomic E-state index is 14.6. The Bertz CT molecular complexity index is 2230. The third-order valence-electron chi connectivity index (χ3n) is 11.7. The molecule has 4 amide bonds. The molecule has 2 aromatic heterocycles. The monoisotopic (exact) mass is 989 g/mol. The molecule has 2 saturated carbocycles. The number of likely N-dealkylation sites (tertiary alicyclic amines) is 1. The Kier molecular flexibility index (Phi) is 16.6. The quantitative estimate of drug-likeness (QED) is 0.0943. The number of ether oxygens (including phenoxy) is 3. The Hall–Kier alpha value is -4.93. The molecular weight excluding hydrogens is 930 g/mol. The number of anilines is 1. The molecule has 0 unspecified atom stereocenters. The van der Waals surface area contributed by atoms with Gasteiger partial charge in [0.1, 0.15) is 47.0 Å². The summed E-state index contributed by atoms with van der Waals surface area (Å²) < 4.78 is 18.5. The third kappa shape index (κ3) is 11.9. The lowest BCUT2D eigenvalue weighted by Crippen LogP contribution is -2.59. The number of methoxy groups -OCH3 is 1. The van der Waals surface area contributed by atoms with Crippen LogP contribution in [0.25, 0.3) is 22.3 Å². The van der Waals surface area contributed by atoms with Crippen molar-refractivity contribution < 1.29 is 58.6 Å². The maximum absolute atomic E-state index is 14.6. The van der Waals surface area contributed by atoms with E-state index < -0.39 is 84.3 Å². The van der Waals surface area contributed by atoms with E-state index in [1.807, 2.05) is 0 Å². The first kappa shape index (κ1) is 51.1. The molecule has 1 saturated heterocycles. The second kappa shape index (κ2) is 21.1. The SMILES string of the molecule is C=C[C@@H]1C[C@]1(NC(=O)[C@@H]1C[C@@H](Oc2cc(-c3csc(NC(=O)C(C)C)n3)nc3c(Br)c(OC)ccc23)CN1C(=O)[C@@H](NC(=O)OC1CCCC1)C(C)(C)C)C(=O)O.NC(CO)(CO)CO. The molecule has 356 valence electrons. The van der Waals surface area contributed by atoms with Gasteiger partial charge >= 0.3 is 12.1 Å². The van der Waals surface area contributed by atoms with Gasteiger partial charge in [-0.2, -0.15) is 0 Å². The van der Waals surface area contributed by atoms with Crippen molar-refractivity contribution in [2.24, 2.45) is 23.0 Å². The van der Waals surface area contributed by atoms with Gasteiger partial charge in [-0.25, -0.2) is 19.6 Å². The normalized spacial score (nSPS) is 21.2. The van der Waals surface area contributed by atoms with Gasteiger partial charge in [0.15, 0.2) is 5.13 Å². The van der Waals surface area contributed by atoms with Crippen LogP contribution in [-0.4, -0.2) is 134 Å². The number of alkyl carbamates (subject to hydrolysis) is 1. The van der Waals surface area contributed by atoms with Crippen LogP contribution in [0.2, 0.25) is 0 Å². The first-order valence-corrected chi connectivity index (χ1v) is 23.0. The van der Waals surface area contributed by atoms with Gasteiger partial charge in [-0.15, -0.1) is 17.9 Å². The fraction of sp³-hybridized carbons (Fsp3) is 0.568. The number of nitrogens with two attached hydrogens (primary N) is 1. The Morgan fingerprint density at radius 2 is 1.71 bits per heavy atom. The van der Waals surface area contributed by atoms with Crippen LogP contribution in [-0.2, 0) is 23.9 Å². The number of carbonyl (C=O) groups excluding carboxylic acids is 4. The van der Waals surface area contributed by atoms with E-state index in [4.69, 9.17) is 40.2 Å². The van der Waals surface area contributed by atoms with Crippen molar-refractivity contribution in [2.45, 2.75) is 109 Å². The molecular formula is C44H60BrN7O12S. The van der Waals surface area contributed by atoms with Crippen LogP contribution >= 0.6 is 27.3 Å². The number of hydrogen-bond donors (Lipinski definition) is 8. The van der Waals surface area contributed by atoms with Crippen LogP contribution in [0.3, 0.4) is 0 Å². The van der Waals surface area contributed by atoms with Gasteiger partial charge < -0.3 is 61.2 Å². The van der Waals surface area contributed by atoms with Crippen LogP contribution < -0.4 is 31.2 Å². The van der Waals surface area contributed by atoms with Crippen molar-refractivity contribution in [1.82, 2.24) is 25.5 Å². The number of nitrogens with one attached hydrogen (secondary N) is 3. The van der Waals surface area contributed by atoms with Gasteiger partial charge in [-0.3, -0.25) is 14.4 Å². The Labute approximate surface area is 389 Å². The minimum absolute atomic E-state index is 0.00791. The van der Waals surface area contributed by atoms with Crippen molar-refractivity contribution in [3.63, 3.8) is 0 Å². The number of aliphatic hydroxyl groups excluding tert-OH is 3. The number of nitrogens with zero attached hydrogens (tertiary/aromatic N) is 3. The molecule has 21 heteroatoms. The van der Waals surface area contributed by atoms with E-state index in [1.54, 1.807) is 58.2 Å². The summed E-state index contributed by atoms with van der Waals surface area (Å²) >= 11 is 4.87. The summed E-state index contributed by atoms with van der Waals surface area (Å²) in [6, 6.07) is 3.01. The topological polar surface area (TPSA) is 285 Å². The zero-order valence-electron chi connectivity index (χ0n) is 37.4. The summed E-state index contributed by atoms with van der Waals surface area (Å²) in [4.78, 5) is 77.5. The average molecular weight is 991 g/mol. The number of aliphatic hydroxyl groups is 3. The van der Waals surface area contributed by atoms with Crippen molar-refractivity contribution in [2.75, 3.05) is 38.8 Å². The number of carboxylic acids is 1. The van der Waals surface area contributed by atoms with Crippen molar-refractivity contribution in [3.05, 3.63) is 40.7 Å². The predicted octanol–water partition coefficient (Wildman–Crippen LogP) is 3.96. The lowest BCUT2D eigenvalue weighted by molar-refractivity contribution is -0.146. The van der Waals surface area contributed by atoms with E-state index >= 15 is 0 Å². The molecule has 2 aliphatic carbocycles. The lowest BCUT2D eigenvalue weighted by atomic mass is 9.85. The average Bonchev–Trinajstić information content (AvgIpc) is 3.68. The zero-order chi connectivity index (χ0) is 48.0. The molecule has 3 heterocycles. The van der Waals surface area contributed by atoms with E-state index in [1.165, 1.54) is 29.4 Å². The number of rotatable bonds is 16. The summed E-state index contributed by atoms with van der Waals surface area (Å²) in [6.07, 6.45) is 3.37. The molecule has 19 nitrogen and oxygen atoms in total. The standard InChI is InChI=1S/C40H49BrN6O9S.C4H11NO3/c1-8-21-17-40(21,36(51)52)46-34(49)27-15-23(18-47(27)35(50)32(39(4,5)6)44-38(53)56-22-11-9-10-12-22)55-29-16-25(26-19-57-37(43-26)45-33(48)20(2)3)42-31-24(29)13-14-28(54-7)30(31)41;5-4(1-6,2-7)3-8/h8,13-14,16,19-23,27,32H,1,9-12,15,17-18H2,2-7H3,(H,44,53)(H,46,49)(H,51,52)(H,43,45,48);6-8H,1-3,5H2/t21-,23-,27+,32-,40-;/m1./s1. The van der Waals surface area contributed by atoms with Gasteiger partial charge in [0.2, 0.25) is 17.7 Å². The molecule has 3 aliphatic rings. The second-order valence-electron chi connectivity index (χ2n) is 18.1. The number of hydrogen-bond acceptors (Lipinski definition) is 15. The largest absolute Gasteiger partial charge is 0.495 e. The third-order valence-corrected chi connectivity index (χ3v) is 13.2. The molecule has 0 radical (unpaired) electrons. The van der Waals surface area contributed by atoms with Crippen LogP contribution in [0.1, 0.15) is 73.1 Å². The van der Waals surface area contributed by atoms with Gasteiger partial charge in [0.05, 0.1) is 54.7 Å². The smallest absolute Gasteiger partial charge is 0.408 e. The fourth-order valence-electron chi connectivity index (χ4n) is 7.44. The summed E-state index contributed by atoms with van der Waals surface area (Å²) in [7, 11) is 1.54. The minimum atomic E-state index is -1.54. The molecule has 3 fully saturated rings. The summed E-state index contributed by atoms with van der Waals surface area (Å²) in [6.45, 7) is 11.4. The van der Waals surface area contributed by atoms with Crippen molar-refractivity contribution in [1.29, 1.82) is 0 Å².